The van der Waals surface area contributed by atoms with Crippen molar-refractivity contribution in [2.45, 2.75) is 19.7 Å². The number of aryl methyl sites for hydroxylation is 2. The molecule has 90 valence electrons. The lowest BCUT2D eigenvalue weighted by atomic mass is 10.3. The van der Waals surface area contributed by atoms with E-state index in [1.165, 1.54) is 0 Å². The van der Waals surface area contributed by atoms with Crippen LogP contribution in [-0.2, 0) is 12.9 Å². The van der Waals surface area contributed by atoms with Crippen molar-refractivity contribution >= 4 is 11.6 Å². The standard InChI is InChI=1S/C12H14ClN3O/c1-8-12(9(2)16(3)15-8)17-11-6-4-5-10(7-13)14-11/h4-6H,7H2,1-3H3. The van der Waals surface area contributed by atoms with Crippen LogP contribution in [0.5, 0.6) is 11.6 Å². The average Bonchev–Trinajstić information content (AvgIpc) is 2.56. The van der Waals surface area contributed by atoms with E-state index in [-0.39, 0.29) is 0 Å². The van der Waals surface area contributed by atoms with E-state index >= 15 is 0 Å². The van der Waals surface area contributed by atoms with Gasteiger partial charge in [-0.3, -0.25) is 4.68 Å². The van der Waals surface area contributed by atoms with E-state index in [0.29, 0.717) is 11.8 Å². The third kappa shape index (κ3) is 2.42. The maximum Gasteiger partial charge on any atom is 0.219 e. The van der Waals surface area contributed by atoms with E-state index in [0.717, 1.165) is 22.8 Å². The topological polar surface area (TPSA) is 39.9 Å². The van der Waals surface area contributed by atoms with Crippen LogP contribution in [0.15, 0.2) is 18.2 Å². The molecule has 0 N–H and O–H groups in total. The van der Waals surface area contributed by atoms with Crippen molar-refractivity contribution in [3.63, 3.8) is 0 Å². The van der Waals surface area contributed by atoms with Gasteiger partial charge in [-0.2, -0.15) is 5.10 Å². The van der Waals surface area contributed by atoms with Gasteiger partial charge >= 0.3 is 0 Å². The molecule has 0 amide bonds. The molecule has 0 aliphatic heterocycles. The Labute approximate surface area is 105 Å². The number of ether oxygens (including phenoxy) is 1. The second-order valence-corrected chi connectivity index (χ2v) is 4.09. The number of rotatable bonds is 3. The lowest BCUT2D eigenvalue weighted by molar-refractivity contribution is 0.454. The predicted octanol–water partition coefficient (Wildman–Crippen LogP) is 2.96. The van der Waals surface area contributed by atoms with Crippen molar-refractivity contribution in [2.75, 3.05) is 0 Å². The molecule has 2 heterocycles. The SMILES string of the molecule is Cc1nn(C)c(C)c1Oc1cccc(CCl)n1. The first-order valence-electron chi connectivity index (χ1n) is 5.31. The van der Waals surface area contributed by atoms with Crippen LogP contribution in [0, 0.1) is 13.8 Å². The molecule has 0 fully saturated rings. The van der Waals surface area contributed by atoms with Gasteiger partial charge in [0.1, 0.15) is 5.69 Å². The summed E-state index contributed by atoms with van der Waals surface area (Å²) in [6, 6.07) is 5.55. The summed E-state index contributed by atoms with van der Waals surface area (Å²) in [6.07, 6.45) is 0. The van der Waals surface area contributed by atoms with Crippen LogP contribution in [0.1, 0.15) is 17.1 Å². The second-order valence-electron chi connectivity index (χ2n) is 3.83. The third-order valence-electron chi connectivity index (χ3n) is 2.57. The third-order valence-corrected chi connectivity index (χ3v) is 2.84. The Morgan fingerprint density at radius 3 is 2.71 bits per heavy atom. The summed E-state index contributed by atoms with van der Waals surface area (Å²) >= 11 is 5.73. The monoisotopic (exact) mass is 251 g/mol. The lowest BCUT2D eigenvalue weighted by Gasteiger charge is -2.05. The molecule has 2 rings (SSSR count). The van der Waals surface area contributed by atoms with Crippen molar-refractivity contribution in [2.24, 2.45) is 7.05 Å². The summed E-state index contributed by atoms with van der Waals surface area (Å²) in [5.41, 5.74) is 2.62. The normalized spacial score (nSPS) is 10.6. The molecule has 4 nitrogen and oxygen atoms in total. The Bertz CT molecular complexity index is 537. The highest BCUT2D eigenvalue weighted by Crippen LogP contribution is 2.26. The second kappa shape index (κ2) is 4.75. The Kier molecular flexibility index (Phi) is 3.33. The summed E-state index contributed by atoms with van der Waals surface area (Å²) in [7, 11) is 1.89. The van der Waals surface area contributed by atoms with Crippen molar-refractivity contribution in [1.29, 1.82) is 0 Å². The Morgan fingerprint density at radius 2 is 2.12 bits per heavy atom. The molecule has 2 aromatic rings. The number of hydrogen-bond acceptors (Lipinski definition) is 3. The van der Waals surface area contributed by atoms with Gasteiger partial charge in [0.05, 0.1) is 17.3 Å². The summed E-state index contributed by atoms with van der Waals surface area (Å²) in [4.78, 5) is 4.29. The molecule has 0 aliphatic rings. The molecule has 0 aromatic carbocycles. The molecule has 17 heavy (non-hydrogen) atoms. The number of aromatic nitrogens is 3. The molecule has 0 unspecified atom stereocenters. The first-order chi connectivity index (χ1) is 8.11. The number of pyridine rings is 1. The molecule has 0 atom stereocenters. The molecule has 0 saturated heterocycles. The van der Waals surface area contributed by atoms with Gasteiger partial charge in [-0.1, -0.05) is 6.07 Å². The average molecular weight is 252 g/mol. The molecule has 0 radical (unpaired) electrons. The Balaban J connectivity index is 2.31. The summed E-state index contributed by atoms with van der Waals surface area (Å²) in [5, 5.41) is 4.29. The molecule has 0 saturated carbocycles. The van der Waals surface area contributed by atoms with Crippen LogP contribution in [0.3, 0.4) is 0 Å². The summed E-state index contributed by atoms with van der Waals surface area (Å²) in [5.74, 6) is 1.68. The van der Waals surface area contributed by atoms with Crippen molar-refractivity contribution in [1.82, 2.24) is 14.8 Å². The van der Waals surface area contributed by atoms with Gasteiger partial charge in [-0.15, -0.1) is 11.6 Å². The Hall–Kier alpha value is -1.55. The smallest absolute Gasteiger partial charge is 0.219 e. The molecule has 5 heteroatoms. The summed E-state index contributed by atoms with van der Waals surface area (Å²) < 4.78 is 7.54. The zero-order chi connectivity index (χ0) is 12.4. The van der Waals surface area contributed by atoms with E-state index in [9.17, 15) is 0 Å². The van der Waals surface area contributed by atoms with E-state index in [4.69, 9.17) is 16.3 Å². The predicted molar refractivity (Wildman–Crippen MR) is 66.6 cm³/mol. The van der Waals surface area contributed by atoms with E-state index in [1.54, 1.807) is 4.68 Å². The summed E-state index contributed by atoms with van der Waals surface area (Å²) in [6.45, 7) is 3.87. The number of alkyl halides is 1. The zero-order valence-electron chi connectivity index (χ0n) is 10.1. The molecule has 0 spiro atoms. The zero-order valence-corrected chi connectivity index (χ0v) is 10.8. The van der Waals surface area contributed by atoms with Gasteiger partial charge in [0.15, 0.2) is 5.75 Å². The Morgan fingerprint density at radius 1 is 1.35 bits per heavy atom. The highest BCUT2D eigenvalue weighted by Gasteiger charge is 2.12. The van der Waals surface area contributed by atoms with E-state index < -0.39 is 0 Å². The van der Waals surface area contributed by atoms with Gasteiger partial charge in [0, 0.05) is 13.1 Å². The molecular weight excluding hydrogens is 238 g/mol. The van der Waals surface area contributed by atoms with Crippen LogP contribution < -0.4 is 4.74 Å². The van der Waals surface area contributed by atoms with Crippen LogP contribution in [-0.4, -0.2) is 14.8 Å². The van der Waals surface area contributed by atoms with Gasteiger partial charge in [0.2, 0.25) is 5.88 Å². The van der Waals surface area contributed by atoms with Gasteiger partial charge < -0.3 is 4.74 Å². The lowest BCUT2D eigenvalue weighted by Crippen LogP contribution is -1.94. The molecule has 2 aromatic heterocycles. The number of halogens is 1. The van der Waals surface area contributed by atoms with E-state index in [2.05, 4.69) is 10.1 Å². The highest BCUT2D eigenvalue weighted by atomic mass is 35.5. The minimum absolute atomic E-state index is 0.377. The molecule has 0 bridgehead atoms. The molecular formula is C12H14ClN3O. The van der Waals surface area contributed by atoms with Crippen molar-refractivity contribution < 1.29 is 4.74 Å². The fraction of sp³-hybridized carbons (Fsp3) is 0.333. The van der Waals surface area contributed by atoms with Crippen molar-refractivity contribution in [3.05, 3.63) is 35.3 Å². The van der Waals surface area contributed by atoms with Crippen LogP contribution in [0.25, 0.3) is 0 Å². The van der Waals surface area contributed by atoms with Gasteiger partial charge in [-0.05, 0) is 19.9 Å². The highest BCUT2D eigenvalue weighted by molar-refractivity contribution is 6.16. The van der Waals surface area contributed by atoms with Crippen LogP contribution >= 0.6 is 11.6 Å². The minimum atomic E-state index is 0.377. The maximum absolute atomic E-state index is 5.75. The minimum Gasteiger partial charge on any atom is -0.435 e. The number of hydrogen-bond donors (Lipinski definition) is 0. The largest absolute Gasteiger partial charge is 0.435 e. The van der Waals surface area contributed by atoms with Gasteiger partial charge in [-0.25, -0.2) is 4.98 Å². The van der Waals surface area contributed by atoms with Crippen molar-refractivity contribution in [3.8, 4) is 11.6 Å². The quantitative estimate of drug-likeness (QED) is 0.788. The van der Waals surface area contributed by atoms with Gasteiger partial charge in [0.25, 0.3) is 0 Å². The molecule has 0 aliphatic carbocycles. The fourth-order valence-corrected chi connectivity index (χ4v) is 1.74. The fourth-order valence-electron chi connectivity index (χ4n) is 1.60. The van der Waals surface area contributed by atoms with Crippen LogP contribution in [0.2, 0.25) is 0 Å². The first kappa shape index (κ1) is 11.9. The number of nitrogens with zero attached hydrogens (tertiary/aromatic N) is 3. The van der Waals surface area contributed by atoms with E-state index in [1.807, 2.05) is 39.1 Å². The maximum atomic E-state index is 5.75. The first-order valence-corrected chi connectivity index (χ1v) is 5.85. The van der Waals surface area contributed by atoms with Crippen LogP contribution in [0.4, 0.5) is 0 Å².